The van der Waals surface area contributed by atoms with Crippen molar-refractivity contribution in [2.75, 3.05) is 25.5 Å². The Labute approximate surface area is 162 Å². The fourth-order valence-electron chi connectivity index (χ4n) is 3.17. The highest BCUT2D eigenvalue weighted by atomic mass is 32.1. The molecule has 1 fully saturated rings. The van der Waals surface area contributed by atoms with Gasteiger partial charge in [0.05, 0.1) is 24.0 Å². The van der Waals surface area contributed by atoms with Gasteiger partial charge in [-0.1, -0.05) is 30.3 Å². The zero-order valence-corrected chi connectivity index (χ0v) is 16.2. The van der Waals surface area contributed by atoms with Crippen molar-refractivity contribution < 1.29 is 19.1 Å². The largest absolute Gasteiger partial charge is 0.465 e. The van der Waals surface area contributed by atoms with Gasteiger partial charge in [0.25, 0.3) is 5.91 Å². The fourth-order valence-corrected chi connectivity index (χ4v) is 4.35. The summed E-state index contributed by atoms with van der Waals surface area (Å²) in [5.41, 5.74) is 1.68. The van der Waals surface area contributed by atoms with Gasteiger partial charge in [-0.15, -0.1) is 11.3 Å². The second kappa shape index (κ2) is 8.35. The molecule has 1 saturated heterocycles. The minimum Gasteiger partial charge on any atom is -0.465 e. The molecule has 1 N–H and O–H groups in total. The molecule has 0 bridgehead atoms. The number of nitrogens with one attached hydrogen (secondary N) is 1. The van der Waals surface area contributed by atoms with Crippen LogP contribution in [0.4, 0.5) is 5.00 Å². The number of esters is 1. The molecule has 1 aromatic heterocycles. The Balaban J connectivity index is 1.86. The molecule has 142 valence electrons. The van der Waals surface area contributed by atoms with Gasteiger partial charge in [-0.2, -0.15) is 0 Å². The third-order valence-electron chi connectivity index (χ3n) is 4.58. The van der Waals surface area contributed by atoms with Crippen LogP contribution < -0.4 is 5.32 Å². The van der Waals surface area contributed by atoms with Crippen LogP contribution in [0, 0.1) is 6.92 Å². The monoisotopic (exact) mass is 386 g/mol. The lowest BCUT2D eigenvalue weighted by Crippen LogP contribution is -2.27. The first kappa shape index (κ1) is 19.1. The predicted molar refractivity (Wildman–Crippen MR) is 104 cm³/mol. The Morgan fingerprint density at radius 1 is 1.15 bits per heavy atom. The summed E-state index contributed by atoms with van der Waals surface area (Å²) in [6, 6.07) is 9.34. The first-order valence-corrected chi connectivity index (χ1v) is 9.67. The van der Waals surface area contributed by atoms with Crippen LogP contribution in [0.3, 0.4) is 0 Å². The second-order valence-corrected chi connectivity index (χ2v) is 7.48. The molecule has 0 radical (unpaired) electrons. The highest BCUT2D eigenvalue weighted by Gasteiger charge is 2.29. The summed E-state index contributed by atoms with van der Waals surface area (Å²) in [4.78, 5) is 39.8. The summed E-state index contributed by atoms with van der Waals surface area (Å²) in [7, 11) is 1.29. The van der Waals surface area contributed by atoms with Crippen molar-refractivity contribution in [3.8, 4) is 0 Å². The number of carbonyl (C=O) groups excluding carboxylic acids is 3. The number of likely N-dealkylation sites (tertiary alicyclic amines) is 1. The van der Waals surface area contributed by atoms with Gasteiger partial charge in [0.15, 0.2) is 0 Å². The second-order valence-electron chi connectivity index (χ2n) is 6.46. The normalized spacial score (nSPS) is 13.5. The standard InChI is InChI=1S/C20H22N2O4S/c1-13-16(20(25)26-2)18(21-15(23)12-14-8-4-3-5-9-14)27-17(13)19(24)22-10-6-7-11-22/h3-5,8-9H,6-7,10-12H2,1-2H3,(H,21,23). The highest BCUT2D eigenvalue weighted by molar-refractivity contribution is 7.18. The number of hydrogen-bond acceptors (Lipinski definition) is 5. The molecule has 2 aromatic rings. The summed E-state index contributed by atoms with van der Waals surface area (Å²) in [5, 5.41) is 3.15. The SMILES string of the molecule is COC(=O)c1c(NC(=O)Cc2ccccc2)sc(C(=O)N2CCCC2)c1C. The molecule has 27 heavy (non-hydrogen) atoms. The van der Waals surface area contributed by atoms with E-state index in [1.807, 2.05) is 30.3 Å². The van der Waals surface area contributed by atoms with Gasteiger partial charge in [-0.05, 0) is 30.9 Å². The van der Waals surface area contributed by atoms with Gasteiger partial charge in [0, 0.05) is 13.1 Å². The van der Waals surface area contributed by atoms with Crippen LogP contribution in [0.2, 0.25) is 0 Å². The maximum atomic E-state index is 12.8. The first-order valence-electron chi connectivity index (χ1n) is 8.86. The van der Waals surface area contributed by atoms with Gasteiger partial charge in [-0.3, -0.25) is 9.59 Å². The molecule has 0 atom stereocenters. The quantitative estimate of drug-likeness (QED) is 0.801. The number of thiophene rings is 1. The topological polar surface area (TPSA) is 75.7 Å². The number of amides is 2. The fraction of sp³-hybridized carbons (Fsp3) is 0.350. The third-order valence-corrected chi connectivity index (χ3v) is 5.78. The number of benzene rings is 1. The van der Waals surface area contributed by atoms with Crippen molar-refractivity contribution in [2.24, 2.45) is 0 Å². The van der Waals surface area contributed by atoms with Crippen molar-refractivity contribution in [3.05, 3.63) is 51.9 Å². The van der Waals surface area contributed by atoms with Crippen LogP contribution in [-0.4, -0.2) is 42.9 Å². The number of rotatable bonds is 5. The minimum atomic E-state index is -0.556. The molecule has 6 nitrogen and oxygen atoms in total. The lowest BCUT2D eigenvalue weighted by molar-refractivity contribution is -0.115. The molecule has 0 saturated carbocycles. The lowest BCUT2D eigenvalue weighted by atomic mass is 10.1. The maximum Gasteiger partial charge on any atom is 0.341 e. The van der Waals surface area contributed by atoms with Crippen LogP contribution in [0.15, 0.2) is 30.3 Å². The van der Waals surface area contributed by atoms with Crippen molar-refractivity contribution >= 4 is 34.1 Å². The average molecular weight is 386 g/mol. The van der Waals surface area contributed by atoms with E-state index < -0.39 is 5.97 Å². The molecular weight excluding hydrogens is 364 g/mol. The first-order chi connectivity index (χ1) is 13.0. The van der Waals surface area contributed by atoms with E-state index in [-0.39, 0.29) is 23.8 Å². The molecule has 0 unspecified atom stereocenters. The van der Waals surface area contributed by atoms with Crippen LogP contribution >= 0.6 is 11.3 Å². The van der Waals surface area contributed by atoms with Gasteiger partial charge < -0.3 is 15.0 Å². The molecule has 2 heterocycles. The number of anilines is 1. The number of carbonyl (C=O) groups is 3. The summed E-state index contributed by atoms with van der Waals surface area (Å²) >= 11 is 1.14. The third kappa shape index (κ3) is 4.19. The molecule has 1 aliphatic rings. The Morgan fingerprint density at radius 2 is 1.81 bits per heavy atom. The van der Waals surface area contributed by atoms with Gasteiger partial charge in [0.1, 0.15) is 5.00 Å². The summed E-state index contributed by atoms with van der Waals surface area (Å²) in [5.74, 6) is -0.893. The van der Waals surface area contributed by atoms with E-state index in [0.717, 1.165) is 42.8 Å². The number of nitrogens with zero attached hydrogens (tertiary/aromatic N) is 1. The smallest absolute Gasteiger partial charge is 0.341 e. The van der Waals surface area contributed by atoms with E-state index in [1.165, 1.54) is 7.11 Å². The predicted octanol–water partition coefficient (Wildman–Crippen LogP) is 3.26. The minimum absolute atomic E-state index is 0.0938. The number of ether oxygens (including phenoxy) is 1. The highest BCUT2D eigenvalue weighted by Crippen LogP contribution is 2.35. The summed E-state index contributed by atoms with van der Waals surface area (Å²) in [6.45, 7) is 3.16. The van der Waals surface area contributed by atoms with E-state index in [0.29, 0.717) is 15.4 Å². The molecule has 2 amide bonds. The molecule has 7 heteroatoms. The Bertz CT molecular complexity index is 854. The summed E-state index contributed by atoms with van der Waals surface area (Å²) < 4.78 is 4.87. The van der Waals surface area contributed by atoms with Crippen LogP contribution in [0.5, 0.6) is 0 Å². The van der Waals surface area contributed by atoms with Crippen molar-refractivity contribution in [1.29, 1.82) is 0 Å². The van der Waals surface area contributed by atoms with Crippen LogP contribution in [0.1, 0.15) is 44.0 Å². The Hall–Kier alpha value is -2.67. The maximum absolute atomic E-state index is 12.8. The van der Waals surface area contributed by atoms with Crippen LogP contribution in [-0.2, 0) is 16.0 Å². The summed E-state index contributed by atoms with van der Waals surface area (Å²) in [6.07, 6.45) is 2.16. The molecule has 0 aliphatic carbocycles. The molecule has 0 spiro atoms. The van der Waals surface area contributed by atoms with E-state index in [1.54, 1.807) is 11.8 Å². The zero-order valence-electron chi connectivity index (χ0n) is 15.4. The average Bonchev–Trinajstić information content (AvgIpc) is 3.30. The van der Waals surface area contributed by atoms with Crippen molar-refractivity contribution in [1.82, 2.24) is 4.90 Å². The Morgan fingerprint density at radius 3 is 2.44 bits per heavy atom. The van der Waals surface area contributed by atoms with Crippen LogP contribution in [0.25, 0.3) is 0 Å². The molecule has 3 rings (SSSR count). The Kier molecular flexibility index (Phi) is 5.91. The van der Waals surface area contributed by atoms with Gasteiger partial charge >= 0.3 is 5.97 Å². The van der Waals surface area contributed by atoms with E-state index in [2.05, 4.69) is 5.32 Å². The van der Waals surface area contributed by atoms with Gasteiger partial charge in [0.2, 0.25) is 5.91 Å². The number of hydrogen-bond donors (Lipinski definition) is 1. The van der Waals surface area contributed by atoms with E-state index in [9.17, 15) is 14.4 Å². The molecular formula is C20H22N2O4S. The van der Waals surface area contributed by atoms with E-state index >= 15 is 0 Å². The lowest BCUT2D eigenvalue weighted by Gasteiger charge is -2.14. The molecule has 1 aliphatic heterocycles. The number of methoxy groups -OCH3 is 1. The van der Waals surface area contributed by atoms with Crippen molar-refractivity contribution in [2.45, 2.75) is 26.2 Å². The van der Waals surface area contributed by atoms with Gasteiger partial charge in [-0.25, -0.2) is 4.79 Å². The molecule has 1 aromatic carbocycles. The van der Waals surface area contributed by atoms with E-state index in [4.69, 9.17) is 4.74 Å². The van der Waals surface area contributed by atoms with Crippen molar-refractivity contribution in [3.63, 3.8) is 0 Å². The zero-order chi connectivity index (χ0) is 19.4.